The molecule has 0 saturated carbocycles. The number of amides is 1. The van der Waals surface area contributed by atoms with E-state index in [4.69, 9.17) is 31.5 Å². The van der Waals surface area contributed by atoms with E-state index >= 15 is 0 Å². The van der Waals surface area contributed by atoms with Crippen LogP contribution in [0, 0.1) is 0 Å². The van der Waals surface area contributed by atoms with Crippen molar-refractivity contribution in [2.75, 3.05) is 20.0 Å². The minimum Gasteiger partial charge on any atom is -0.495 e. The van der Waals surface area contributed by atoms with Crippen LogP contribution in [-0.2, 0) is 20.7 Å². The topological polar surface area (TPSA) is 99.9 Å². The molecule has 0 aliphatic rings. The van der Waals surface area contributed by atoms with E-state index in [1.807, 2.05) is 0 Å². The van der Waals surface area contributed by atoms with Crippen molar-refractivity contribution in [3.8, 4) is 5.75 Å². The number of hydrogen-bond acceptors (Lipinski definition) is 6. The quantitative estimate of drug-likeness (QED) is 0.619. The molecule has 1 aromatic carbocycles. The van der Waals surface area contributed by atoms with Crippen molar-refractivity contribution in [3.63, 3.8) is 0 Å². The Kier molecular flexibility index (Phi) is 6.71. The Bertz CT molecular complexity index is 613. The Morgan fingerprint density at radius 3 is 2.42 bits per heavy atom. The lowest BCUT2D eigenvalue weighted by Gasteiger charge is -2.23. The van der Waals surface area contributed by atoms with E-state index in [0.717, 1.165) is 0 Å². The van der Waals surface area contributed by atoms with Crippen LogP contribution >= 0.6 is 11.6 Å². The zero-order valence-corrected chi connectivity index (χ0v) is 15.2. The number of alkyl carbamates (subject to hydrolysis) is 1. The Hall–Kier alpha value is -2.15. The molecule has 1 atom stereocenters. The van der Waals surface area contributed by atoms with Gasteiger partial charge in [0.15, 0.2) is 0 Å². The molecule has 0 aromatic heterocycles. The molecule has 0 heterocycles. The van der Waals surface area contributed by atoms with Gasteiger partial charge in [-0.3, -0.25) is 0 Å². The van der Waals surface area contributed by atoms with Gasteiger partial charge in [0, 0.05) is 11.4 Å². The number of rotatable bonds is 5. The summed E-state index contributed by atoms with van der Waals surface area (Å²) in [6.45, 7) is 5.17. The maximum atomic E-state index is 12.0. The normalized spacial score (nSPS) is 12.2. The van der Waals surface area contributed by atoms with Gasteiger partial charge in [-0.1, -0.05) is 11.6 Å². The van der Waals surface area contributed by atoms with Crippen LogP contribution in [0.4, 0.5) is 10.5 Å². The Labute approximate surface area is 146 Å². The monoisotopic (exact) mass is 358 g/mol. The summed E-state index contributed by atoms with van der Waals surface area (Å²) in [4.78, 5) is 23.9. The van der Waals surface area contributed by atoms with Gasteiger partial charge in [0.2, 0.25) is 0 Å². The number of esters is 1. The minimum absolute atomic E-state index is 0.0986. The largest absolute Gasteiger partial charge is 0.495 e. The van der Waals surface area contributed by atoms with Gasteiger partial charge in [-0.15, -0.1) is 0 Å². The fourth-order valence-electron chi connectivity index (χ4n) is 1.95. The predicted octanol–water partition coefficient (Wildman–Crippen LogP) is 2.54. The van der Waals surface area contributed by atoms with Gasteiger partial charge < -0.3 is 25.3 Å². The Morgan fingerprint density at radius 1 is 1.29 bits per heavy atom. The second-order valence-corrected chi connectivity index (χ2v) is 6.52. The summed E-state index contributed by atoms with van der Waals surface area (Å²) >= 11 is 6.16. The van der Waals surface area contributed by atoms with E-state index in [2.05, 4.69) is 5.32 Å². The number of carbonyl (C=O) groups is 2. The van der Waals surface area contributed by atoms with Crippen molar-refractivity contribution >= 4 is 29.4 Å². The first-order valence-corrected chi connectivity index (χ1v) is 7.64. The second kappa shape index (κ2) is 8.10. The molecule has 0 spiro atoms. The highest BCUT2D eigenvalue weighted by Gasteiger charge is 2.26. The summed E-state index contributed by atoms with van der Waals surface area (Å²) in [6, 6.07) is 2.18. The molecule has 0 radical (unpaired) electrons. The first-order chi connectivity index (χ1) is 11.1. The van der Waals surface area contributed by atoms with Crippen LogP contribution in [0.2, 0.25) is 5.02 Å². The van der Waals surface area contributed by atoms with Crippen molar-refractivity contribution in [1.82, 2.24) is 5.32 Å². The van der Waals surface area contributed by atoms with E-state index in [-0.39, 0.29) is 6.42 Å². The number of hydrogen-bond donors (Lipinski definition) is 2. The molecule has 3 N–H and O–H groups in total. The number of anilines is 1. The van der Waals surface area contributed by atoms with Crippen molar-refractivity contribution in [2.45, 2.75) is 38.8 Å². The Morgan fingerprint density at radius 2 is 1.92 bits per heavy atom. The standard InChI is InChI=1S/C16H23ClN2O5/c1-16(2,3)24-15(21)19-12(14(20)23-5)6-9-7-13(22-4)11(18)8-10(9)17/h7-8,12H,6,18H2,1-5H3,(H,19,21)/t12-/m0/s1. The van der Waals surface area contributed by atoms with Crippen molar-refractivity contribution in [3.05, 3.63) is 22.7 Å². The maximum Gasteiger partial charge on any atom is 0.408 e. The predicted molar refractivity (Wildman–Crippen MR) is 91.3 cm³/mol. The second-order valence-electron chi connectivity index (χ2n) is 6.11. The zero-order chi connectivity index (χ0) is 18.5. The van der Waals surface area contributed by atoms with Crippen LogP contribution in [0.3, 0.4) is 0 Å². The van der Waals surface area contributed by atoms with Gasteiger partial charge in [-0.25, -0.2) is 9.59 Å². The van der Waals surface area contributed by atoms with Crippen LogP contribution < -0.4 is 15.8 Å². The van der Waals surface area contributed by atoms with E-state index in [9.17, 15) is 9.59 Å². The van der Waals surface area contributed by atoms with Crippen LogP contribution in [0.5, 0.6) is 5.75 Å². The number of benzene rings is 1. The molecule has 0 saturated heterocycles. The molecule has 1 aromatic rings. The third kappa shape index (κ3) is 5.81. The van der Waals surface area contributed by atoms with Crippen molar-refractivity contribution in [1.29, 1.82) is 0 Å². The molecular weight excluding hydrogens is 336 g/mol. The third-order valence-corrected chi connectivity index (χ3v) is 3.35. The average molecular weight is 359 g/mol. The molecule has 8 heteroatoms. The summed E-state index contributed by atoms with van der Waals surface area (Å²) in [6.07, 6.45) is -0.627. The highest BCUT2D eigenvalue weighted by atomic mass is 35.5. The summed E-state index contributed by atoms with van der Waals surface area (Å²) in [5.74, 6) is -0.192. The lowest BCUT2D eigenvalue weighted by Crippen LogP contribution is -2.45. The molecule has 0 aliphatic carbocycles. The number of carbonyl (C=O) groups excluding carboxylic acids is 2. The fraction of sp³-hybridized carbons (Fsp3) is 0.500. The number of ether oxygens (including phenoxy) is 3. The Balaban J connectivity index is 2.99. The molecule has 134 valence electrons. The maximum absolute atomic E-state index is 12.0. The highest BCUT2D eigenvalue weighted by Crippen LogP contribution is 2.29. The van der Waals surface area contributed by atoms with Crippen LogP contribution in [-0.4, -0.2) is 37.9 Å². The van der Waals surface area contributed by atoms with Gasteiger partial charge in [0.25, 0.3) is 0 Å². The van der Waals surface area contributed by atoms with E-state index < -0.39 is 23.7 Å². The summed E-state index contributed by atoms with van der Waals surface area (Å²) < 4.78 is 15.0. The zero-order valence-electron chi connectivity index (χ0n) is 14.4. The van der Waals surface area contributed by atoms with Gasteiger partial charge >= 0.3 is 12.1 Å². The van der Waals surface area contributed by atoms with Crippen LogP contribution in [0.1, 0.15) is 26.3 Å². The molecule has 0 bridgehead atoms. The van der Waals surface area contributed by atoms with Crippen LogP contribution in [0.25, 0.3) is 0 Å². The number of halogens is 1. The van der Waals surface area contributed by atoms with Crippen molar-refractivity contribution in [2.24, 2.45) is 0 Å². The third-order valence-electron chi connectivity index (χ3n) is 3.00. The first kappa shape index (κ1) is 19.9. The first-order valence-electron chi connectivity index (χ1n) is 7.26. The van der Waals surface area contributed by atoms with E-state index in [0.29, 0.717) is 22.0 Å². The molecular formula is C16H23ClN2O5. The summed E-state index contributed by atoms with van der Waals surface area (Å²) in [5, 5.41) is 2.84. The van der Waals surface area contributed by atoms with E-state index in [1.54, 1.807) is 26.8 Å². The number of nitrogens with two attached hydrogens (primary N) is 1. The average Bonchev–Trinajstić information content (AvgIpc) is 2.46. The molecule has 0 fully saturated rings. The molecule has 0 aliphatic heterocycles. The summed E-state index contributed by atoms with van der Waals surface area (Å²) in [7, 11) is 2.71. The van der Waals surface area contributed by atoms with E-state index in [1.165, 1.54) is 20.3 Å². The van der Waals surface area contributed by atoms with Crippen LogP contribution in [0.15, 0.2) is 12.1 Å². The minimum atomic E-state index is -0.962. The molecule has 0 unspecified atom stereocenters. The SMILES string of the molecule is COC(=O)[C@H](Cc1cc(OC)c(N)cc1Cl)NC(=O)OC(C)(C)C. The number of nitrogen functional groups attached to an aromatic ring is 1. The van der Waals surface area contributed by atoms with Gasteiger partial charge in [-0.2, -0.15) is 0 Å². The molecule has 7 nitrogen and oxygen atoms in total. The smallest absolute Gasteiger partial charge is 0.408 e. The fourth-order valence-corrected chi connectivity index (χ4v) is 2.20. The van der Waals surface area contributed by atoms with Crippen molar-refractivity contribution < 1.29 is 23.8 Å². The summed E-state index contributed by atoms with van der Waals surface area (Å²) in [5.41, 5.74) is 6.04. The lowest BCUT2D eigenvalue weighted by atomic mass is 10.0. The molecule has 24 heavy (non-hydrogen) atoms. The van der Waals surface area contributed by atoms with Gasteiger partial charge in [0.05, 0.1) is 19.9 Å². The number of methoxy groups -OCH3 is 2. The van der Waals surface area contributed by atoms with Gasteiger partial charge in [0.1, 0.15) is 17.4 Å². The molecule has 1 amide bonds. The lowest BCUT2D eigenvalue weighted by molar-refractivity contribution is -0.143. The highest BCUT2D eigenvalue weighted by molar-refractivity contribution is 6.31. The molecule has 1 rings (SSSR count). The number of nitrogens with one attached hydrogen (secondary N) is 1. The van der Waals surface area contributed by atoms with Gasteiger partial charge in [-0.05, 0) is 38.5 Å².